The highest BCUT2D eigenvalue weighted by atomic mass is 16.3. The van der Waals surface area contributed by atoms with Crippen molar-refractivity contribution in [2.24, 2.45) is 11.7 Å². The van der Waals surface area contributed by atoms with Crippen molar-refractivity contribution in [3.8, 4) is 5.75 Å². The van der Waals surface area contributed by atoms with Gasteiger partial charge in [-0.1, -0.05) is 18.9 Å². The van der Waals surface area contributed by atoms with E-state index < -0.39 is 0 Å². The standard InChI is InChI=1S/C15H20N2O2/c16-14(10-3-1-2-4-10)15(19)17-8-11-5-6-13(18)7-12(11)9-17/h5-7,10,14,18H,1-4,8-9,16H2. The highest BCUT2D eigenvalue weighted by molar-refractivity contribution is 5.82. The molecule has 1 unspecified atom stereocenters. The molecule has 1 heterocycles. The summed E-state index contributed by atoms with van der Waals surface area (Å²) < 4.78 is 0. The number of benzene rings is 1. The number of rotatable bonds is 2. The molecule has 4 heteroatoms. The number of carbonyl (C=O) groups excluding carboxylic acids is 1. The minimum atomic E-state index is -0.356. The number of fused-ring (bicyclic) bond motifs is 1. The first kappa shape index (κ1) is 12.5. The Labute approximate surface area is 113 Å². The highest BCUT2D eigenvalue weighted by Crippen LogP contribution is 2.30. The van der Waals surface area contributed by atoms with Gasteiger partial charge in [-0.2, -0.15) is 0 Å². The van der Waals surface area contributed by atoms with Crippen molar-refractivity contribution in [1.29, 1.82) is 0 Å². The van der Waals surface area contributed by atoms with Gasteiger partial charge in [0.25, 0.3) is 0 Å². The maximum atomic E-state index is 12.4. The second-order valence-corrected chi connectivity index (χ2v) is 5.72. The van der Waals surface area contributed by atoms with E-state index in [1.165, 1.54) is 12.8 Å². The van der Waals surface area contributed by atoms with Gasteiger partial charge in [0.05, 0.1) is 6.04 Å². The summed E-state index contributed by atoms with van der Waals surface area (Å²) in [5.41, 5.74) is 8.28. The Balaban J connectivity index is 1.70. The predicted molar refractivity (Wildman–Crippen MR) is 72.3 cm³/mol. The van der Waals surface area contributed by atoms with E-state index in [1.807, 2.05) is 11.0 Å². The highest BCUT2D eigenvalue weighted by Gasteiger charge is 2.33. The Morgan fingerprint density at radius 2 is 1.95 bits per heavy atom. The summed E-state index contributed by atoms with van der Waals surface area (Å²) in [7, 11) is 0. The Morgan fingerprint density at radius 1 is 1.26 bits per heavy atom. The first-order valence-corrected chi connectivity index (χ1v) is 7.00. The van der Waals surface area contributed by atoms with E-state index in [2.05, 4.69) is 0 Å². The Kier molecular flexibility index (Phi) is 3.19. The second-order valence-electron chi connectivity index (χ2n) is 5.72. The van der Waals surface area contributed by atoms with E-state index in [4.69, 9.17) is 5.73 Å². The number of hydrogen-bond acceptors (Lipinski definition) is 3. The quantitative estimate of drug-likeness (QED) is 0.851. The first-order valence-electron chi connectivity index (χ1n) is 7.00. The van der Waals surface area contributed by atoms with Crippen LogP contribution in [0.5, 0.6) is 5.75 Å². The molecule has 1 aliphatic carbocycles. The summed E-state index contributed by atoms with van der Waals surface area (Å²) in [4.78, 5) is 14.2. The number of nitrogens with zero attached hydrogens (tertiary/aromatic N) is 1. The van der Waals surface area contributed by atoms with Crippen LogP contribution in [0.25, 0.3) is 0 Å². The third kappa shape index (κ3) is 2.32. The van der Waals surface area contributed by atoms with Gasteiger partial charge < -0.3 is 15.7 Å². The number of phenols is 1. The van der Waals surface area contributed by atoms with Crippen molar-refractivity contribution in [2.45, 2.75) is 44.8 Å². The summed E-state index contributed by atoms with van der Waals surface area (Å²) in [6.07, 6.45) is 4.54. The van der Waals surface area contributed by atoms with Crippen LogP contribution in [0.4, 0.5) is 0 Å². The van der Waals surface area contributed by atoms with Crippen LogP contribution in [0.15, 0.2) is 18.2 Å². The van der Waals surface area contributed by atoms with E-state index in [1.54, 1.807) is 12.1 Å². The molecule has 0 spiro atoms. The Hall–Kier alpha value is -1.55. The number of amides is 1. The molecule has 102 valence electrons. The van der Waals surface area contributed by atoms with Gasteiger partial charge in [-0.3, -0.25) is 4.79 Å². The molecule has 2 aliphatic rings. The molecule has 0 bridgehead atoms. The lowest BCUT2D eigenvalue weighted by atomic mass is 9.98. The van der Waals surface area contributed by atoms with E-state index in [0.29, 0.717) is 19.0 Å². The van der Waals surface area contributed by atoms with Crippen LogP contribution in [0.2, 0.25) is 0 Å². The predicted octanol–water partition coefficient (Wildman–Crippen LogP) is 1.75. The number of hydrogen-bond donors (Lipinski definition) is 2. The topological polar surface area (TPSA) is 66.6 Å². The minimum absolute atomic E-state index is 0.0580. The lowest BCUT2D eigenvalue weighted by molar-refractivity contribution is -0.134. The van der Waals surface area contributed by atoms with Crippen LogP contribution in [0.1, 0.15) is 36.8 Å². The molecule has 1 aromatic rings. The van der Waals surface area contributed by atoms with Crippen LogP contribution < -0.4 is 5.73 Å². The van der Waals surface area contributed by atoms with Crippen molar-refractivity contribution in [1.82, 2.24) is 4.90 Å². The Bertz CT molecular complexity index is 495. The molecule has 1 amide bonds. The van der Waals surface area contributed by atoms with Crippen molar-refractivity contribution in [3.63, 3.8) is 0 Å². The molecule has 1 aromatic carbocycles. The monoisotopic (exact) mass is 260 g/mol. The maximum Gasteiger partial charge on any atom is 0.240 e. The zero-order valence-corrected chi connectivity index (χ0v) is 11.0. The van der Waals surface area contributed by atoms with Gasteiger partial charge in [-0.05, 0) is 42.0 Å². The maximum absolute atomic E-state index is 12.4. The lowest BCUT2D eigenvalue weighted by Crippen LogP contribution is -2.45. The van der Waals surface area contributed by atoms with Crippen molar-refractivity contribution in [2.75, 3.05) is 0 Å². The number of phenolic OH excluding ortho intramolecular Hbond substituents is 1. The fraction of sp³-hybridized carbons (Fsp3) is 0.533. The van der Waals surface area contributed by atoms with Gasteiger partial charge in [0, 0.05) is 13.1 Å². The fourth-order valence-electron chi connectivity index (χ4n) is 3.27. The van der Waals surface area contributed by atoms with E-state index in [0.717, 1.165) is 24.0 Å². The van der Waals surface area contributed by atoms with E-state index in [9.17, 15) is 9.90 Å². The first-order chi connectivity index (χ1) is 9.15. The van der Waals surface area contributed by atoms with Crippen LogP contribution in [0.3, 0.4) is 0 Å². The van der Waals surface area contributed by atoms with E-state index in [-0.39, 0.29) is 17.7 Å². The Morgan fingerprint density at radius 3 is 2.68 bits per heavy atom. The number of nitrogens with two attached hydrogens (primary N) is 1. The molecule has 3 N–H and O–H groups in total. The van der Waals surface area contributed by atoms with Crippen LogP contribution in [-0.2, 0) is 17.9 Å². The normalized spacial score (nSPS) is 20.6. The van der Waals surface area contributed by atoms with Gasteiger partial charge in [0.1, 0.15) is 5.75 Å². The molecule has 1 atom stereocenters. The fourth-order valence-corrected chi connectivity index (χ4v) is 3.27. The molecule has 19 heavy (non-hydrogen) atoms. The average molecular weight is 260 g/mol. The lowest BCUT2D eigenvalue weighted by Gasteiger charge is -2.24. The van der Waals surface area contributed by atoms with Crippen LogP contribution in [0, 0.1) is 5.92 Å². The largest absolute Gasteiger partial charge is 0.508 e. The third-order valence-corrected chi connectivity index (χ3v) is 4.42. The van der Waals surface area contributed by atoms with Gasteiger partial charge in [-0.25, -0.2) is 0 Å². The number of carbonyl (C=O) groups is 1. The van der Waals surface area contributed by atoms with Crippen molar-refractivity contribution in [3.05, 3.63) is 29.3 Å². The molecule has 1 aliphatic heterocycles. The molecule has 3 rings (SSSR count). The molecule has 4 nitrogen and oxygen atoms in total. The molecule has 1 saturated carbocycles. The van der Waals surface area contributed by atoms with Gasteiger partial charge in [0.15, 0.2) is 0 Å². The SMILES string of the molecule is NC(C(=O)N1Cc2ccc(O)cc2C1)C1CCCC1. The van der Waals surface area contributed by atoms with Gasteiger partial charge in [0.2, 0.25) is 5.91 Å². The zero-order chi connectivity index (χ0) is 13.4. The van der Waals surface area contributed by atoms with Crippen LogP contribution in [-0.4, -0.2) is 22.0 Å². The van der Waals surface area contributed by atoms with E-state index >= 15 is 0 Å². The number of aromatic hydroxyl groups is 1. The summed E-state index contributed by atoms with van der Waals surface area (Å²) in [6.45, 7) is 1.19. The van der Waals surface area contributed by atoms with Gasteiger partial charge in [-0.15, -0.1) is 0 Å². The molecular weight excluding hydrogens is 240 g/mol. The molecular formula is C15H20N2O2. The summed E-state index contributed by atoms with van der Waals surface area (Å²) >= 11 is 0. The molecule has 0 saturated heterocycles. The zero-order valence-electron chi connectivity index (χ0n) is 11.0. The second kappa shape index (κ2) is 4.85. The third-order valence-electron chi connectivity index (χ3n) is 4.42. The smallest absolute Gasteiger partial charge is 0.240 e. The molecule has 0 aromatic heterocycles. The molecule has 1 fully saturated rings. The average Bonchev–Trinajstić information content (AvgIpc) is 3.05. The minimum Gasteiger partial charge on any atom is -0.508 e. The summed E-state index contributed by atoms with van der Waals surface area (Å²) in [5.74, 6) is 0.667. The molecule has 0 radical (unpaired) electrons. The summed E-state index contributed by atoms with van der Waals surface area (Å²) in [6, 6.07) is 4.94. The summed E-state index contributed by atoms with van der Waals surface area (Å²) in [5, 5.41) is 9.47. The van der Waals surface area contributed by atoms with Gasteiger partial charge >= 0.3 is 0 Å². The van der Waals surface area contributed by atoms with Crippen LogP contribution >= 0.6 is 0 Å². The van der Waals surface area contributed by atoms with Crippen molar-refractivity contribution >= 4 is 5.91 Å². The van der Waals surface area contributed by atoms with Crippen molar-refractivity contribution < 1.29 is 9.90 Å².